The second-order valence-electron chi connectivity index (χ2n) is 6.82. The fourth-order valence-corrected chi connectivity index (χ4v) is 4.45. The van der Waals surface area contributed by atoms with Crippen molar-refractivity contribution in [1.82, 2.24) is 10.3 Å². The number of rotatable bonds is 7. The lowest BCUT2D eigenvalue weighted by Crippen LogP contribution is -2.14. The quantitative estimate of drug-likeness (QED) is 0.491. The van der Waals surface area contributed by atoms with Gasteiger partial charge in [-0.15, -0.1) is 23.7 Å². The number of hydrogen-bond acceptors (Lipinski definition) is 3. The van der Waals surface area contributed by atoms with E-state index in [0.29, 0.717) is 0 Å². The predicted octanol–water partition coefficient (Wildman–Crippen LogP) is 5.38. The first-order valence-corrected chi connectivity index (χ1v) is 10.2. The standard InChI is InChI=1S/C21H28N2OS.ClH/c1-3-17-13-19(15(2)23-21(17)24)20-10-9-18(25-20)14-22-12-11-16-7-5-4-6-8-16;/h7,9-10,13,22H,3-6,8,11-12,14H2,1-2H3,(H,23,24);1H. The highest BCUT2D eigenvalue weighted by Gasteiger charge is 2.09. The van der Waals surface area contributed by atoms with Crippen LogP contribution in [0.3, 0.4) is 0 Å². The number of H-pyrrole nitrogens is 1. The summed E-state index contributed by atoms with van der Waals surface area (Å²) in [5.74, 6) is 0. The maximum absolute atomic E-state index is 11.9. The summed E-state index contributed by atoms with van der Waals surface area (Å²) >= 11 is 1.81. The molecule has 2 aromatic heterocycles. The molecule has 2 N–H and O–H groups in total. The maximum Gasteiger partial charge on any atom is 0.251 e. The SMILES string of the molecule is CCc1cc(-c2ccc(CNCCC3=CCCCC3)s2)c(C)[nH]c1=O.Cl. The predicted molar refractivity (Wildman–Crippen MR) is 115 cm³/mol. The average Bonchev–Trinajstić information content (AvgIpc) is 3.08. The van der Waals surface area contributed by atoms with Crippen molar-refractivity contribution < 1.29 is 0 Å². The Morgan fingerprint density at radius 3 is 2.85 bits per heavy atom. The summed E-state index contributed by atoms with van der Waals surface area (Å²) in [6.45, 7) is 5.97. The Morgan fingerprint density at radius 2 is 2.12 bits per heavy atom. The van der Waals surface area contributed by atoms with Gasteiger partial charge >= 0.3 is 0 Å². The van der Waals surface area contributed by atoms with Crippen LogP contribution >= 0.6 is 23.7 Å². The summed E-state index contributed by atoms with van der Waals surface area (Å²) in [5.41, 5.74) is 4.63. The van der Waals surface area contributed by atoms with E-state index in [4.69, 9.17) is 0 Å². The largest absolute Gasteiger partial charge is 0.326 e. The molecule has 0 bridgehead atoms. The first-order valence-electron chi connectivity index (χ1n) is 9.38. The van der Waals surface area contributed by atoms with Crippen molar-refractivity contribution in [3.63, 3.8) is 0 Å². The number of halogens is 1. The minimum absolute atomic E-state index is 0. The fourth-order valence-electron chi connectivity index (χ4n) is 3.39. The summed E-state index contributed by atoms with van der Waals surface area (Å²) in [6.07, 6.45) is 9.64. The molecule has 0 spiro atoms. The molecule has 0 atom stereocenters. The molecular weight excluding hydrogens is 364 g/mol. The van der Waals surface area contributed by atoms with Crippen LogP contribution in [0.2, 0.25) is 0 Å². The highest BCUT2D eigenvalue weighted by Crippen LogP contribution is 2.30. The second-order valence-corrected chi connectivity index (χ2v) is 7.99. The highest BCUT2D eigenvalue weighted by molar-refractivity contribution is 7.15. The van der Waals surface area contributed by atoms with Gasteiger partial charge < -0.3 is 10.3 Å². The van der Waals surface area contributed by atoms with Gasteiger partial charge in [0, 0.05) is 33.1 Å². The molecule has 3 nitrogen and oxygen atoms in total. The average molecular weight is 393 g/mol. The number of nitrogens with one attached hydrogen (secondary N) is 2. The van der Waals surface area contributed by atoms with Gasteiger partial charge in [-0.2, -0.15) is 0 Å². The van der Waals surface area contributed by atoms with Crippen LogP contribution in [-0.4, -0.2) is 11.5 Å². The van der Waals surface area contributed by atoms with E-state index in [1.165, 1.54) is 41.9 Å². The van der Waals surface area contributed by atoms with E-state index in [0.717, 1.165) is 36.3 Å². The third-order valence-corrected chi connectivity index (χ3v) is 6.05. The number of pyridine rings is 1. The van der Waals surface area contributed by atoms with Gasteiger partial charge in [0.15, 0.2) is 0 Å². The van der Waals surface area contributed by atoms with Crippen LogP contribution in [-0.2, 0) is 13.0 Å². The number of allylic oxidation sites excluding steroid dienone is 1. The van der Waals surface area contributed by atoms with E-state index in [9.17, 15) is 4.79 Å². The Balaban J connectivity index is 0.00000243. The number of aryl methyl sites for hydroxylation is 2. The second kappa shape index (κ2) is 10.1. The zero-order valence-electron chi connectivity index (χ0n) is 15.7. The third kappa shape index (κ3) is 5.32. The first kappa shape index (κ1) is 20.9. The van der Waals surface area contributed by atoms with Crippen LogP contribution in [0, 0.1) is 6.92 Å². The van der Waals surface area contributed by atoms with Crippen molar-refractivity contribution in [2.75, 3.05) is 6.54 Å². The summed E-state index contributed by atoms with van der Waals surface area (Å²) in [5, 5.41) is 3.57. The lowest BCUT2D eigenvalue weighted by Gasteiger charge is -2.12. The molecule has 2 heterocycles. The Morgan fingerprint density at radius 1 is 1.27 bits per heavy atom. The monoisotopic (exact) mass is 392 g/mol. The summed E-state index contributed by atoms with van der Waals surface area (Å²) in [6, 6.07) is 6.42. The van der Waals surface area contributed by atoms with E-state index in [2.05, 4.69) is 28.5 Å². The minimum atomic E-state index is 0. The van der Waals surface area contributed by atoms with Gasteiger partial charge in [-0.3, -0.25) is 4.79 Å². The van der Waals surface area contributed by atoms with Gasteiger partial charge in [0.25, 0.3) is 5.56 Å². The van der Waals surface area contributed by atoms with Crippen molar-refractivity contribution in [3.05, 3.63) is 56.3 Å². The normalized spacial score (nSPS) is 14.0. The minimum Gasteiger partial charge on any atom is -0.326 e. The Bertz CT molecular complexity index is 807. The smallest absolute Gasteiger partial charge is 0.251 e. The van der Waals surface area contributed by atoms with E-state index in [1.54, 1.807) is 5.57 Å². The number of hydrogen-bond donors (Lipinski definition) is 2. The fraction of sp³-hybridized carbons (Fsp3) is 0.476. The lowest BCUT2D eigenvalue weighted by molar-refractivity contribution is 0.635. The molecule has 0 amide bonds. The maximum atomic E-state index is 11.9. The van der Waals surface area contributed by atoms with Crippen LogP contribution in [0.1, 0.15) is 55.2 Å². The molecule has 0 unspecified atom stereocenters. The number of thiophene rings is 1. The Labute approximate surface area is 166 Å². The molecule has 26 heavy (non-hydrogen) atoms. The van der Waals surface area contributed by atoms with Crippen molar-refractivity contribution in [3.8, 4) is 10.4 Å². The molecule has 0 aromatic carbocycles. The van der Waals surface area contributed by atoms with Crippen molar-refractivity contribution >= 4 is 23.7 Å². The summed E-state index contributed by atoms with van der Waals surface area (Å²) < 4.78 is 0. The molecule has 2 aromatic rings. The van der Waals surface area contributed by atoms with Gasteiger partial charge in [0.1, 0.15) is 0 Å². The molecule has 5 heteroatoms. The molecule has 0 saturated heterocycles. The Kier molecular flexibility index (Phi) is 8.14. The molecular formula is C21H29ClN2OS. The summed E-state index contributed by atoms with van der Waals surface area (Å²) in [4.78, 5) is 17.5. The van der Waals surface area contributed by atoms with Gasteiger partial charge in [-0.25, -0.2) is 0 Å². The van der Waals surface area contributed by atoms with Crippen molar-refractivity contribution in [2.24, 2.45) is 0 Å². The molecule has 3 rings (SSSR count). The first-order chi connectivity index (χ1) is 12.2. The van der Waals surface area contributed by atoms with Gasteiger partial charge in [-0.05, 0) is 70.2 Å². The highest BCUT2D eigenvalue weighted by atomic mass is 35.5. The molecule has 0 saturated carbocycles. The Hall–Kier alpha value is -1.36. The van der Waals surface area contributed by atoms with Gasteiger partial charge in [0.2, 0.25) is 0 Å². The molecule has 1 aliphatic rings. The van der Waals surface area contributed by atoms with Crippen LogP contribution < -0.4 is 10.9 Å². The lowest BCUT2D eigenvalue weighted by atomic mass is 9.97. The molecule has 0 radical (unpaired) electrons. The van der Waals surface area contributed by atoms with E-state index in [-0.39, 0.29) is 18.0 Å². The van der Waals surface area contributed by atoms with E-state index in [1.807, 2.05) is 31.3 Å². The molecule has 1 aliphatic carbocycles. The zero-order valence-corrected chi connectivity index (χ0v) is 17.3. The van der Waals surface area contributed by atoms with Crippen LogP contribution in [0.15, 0.2) is 34.6 Å². The summed E-state index contributed by atoms with van der Waals surface area (Å²) in [7, 11) is 0. The van der Waals surface area contributed by atoms with Gasteiger partial charge in [0.05, 0.1) is 0 Å². The van der Waals surface area contributed by atoms with Crippen molar-refractivity contribution in [1.29, 1.82) is 0 Å². The molecule has 142 valence electrons. The van der Waals surface area contributed by atoms with Crippen LogP contribution in [0.25, 0.3) is 10.4 Å². The zero-order chi connectivity index (χ0) is 17.6. The van der Waals surface area contributed by atoms with E-state index >= 15 is 0 Å². The van der Waals surface area contributed by atoms with Gasteiger partial charge in [-0.1, -0.05) is 18.6 Å². The third-order valence-electron chi connectivity index (χ3n) is 4.93. The number of aromatic amines is 1. The topological polar surface area (TPSA) is 44.9 Å². The molecule has 0 fully saturated rings. The number of aromatic nitrogens is 1. The van der Waals surface area contributed by atoms with Crippen LogP contribution in [0.4, 0.5) is 0 Å². The van der Waals surface area contributed by atoms with Crippen molar-refractivity contribution in [2.45, 2.75) is 58.9 Å². The van der Waals surface area contributed by atoms with E-state index < -0.39 is 0 Å². The molecule has 0 aliphatic heterocycles. The van der Waals surface area contributed by atoms with Crippen LogP contribution in [0.5, 0.6) is 0 Å².